The highest BCUT2D eigenvalue weighted by atomic mass is 32.2. The summed E-state index contributed by atoms with van der Waals surface area (Å²) in [6.45, 7) is 1.79. The fourth-order valence-electron chi connectivity index (χ4n) is 1.47. The van der Waals surface area contributed by atoms with Crippen LogP contribution in [0.1, 0.15) is 23.7 Å². The first-order chi connectivity index (χ1) is 9.13. The Hall–Kier alpha value is -1.20. The number of allylic oxidation sites excluding steroid dienone is 1. The molecule has 0 fully saturated rings. The molecule has 0 radical (unpaired) electrons. The molecule has 1 rings (SSSR count). The molecule has 19 heavy (non-hydrogen) atoms. The van der Waals surface area contributed by atoms with Gasteiger partial charge in [0.15, 0.2) is 5.78 Å². The third-order valence-corrected chi connectivity index (χ3v) is 4.60. The Bertz CT molecular complexity index is 477. The van der Waals surface area contributed by atoms with Crippen LogP contribution in [-0.4, -0.2) is 24.2 Å². The van der Waals surface area contributed by atoms with E-state index in [2.05, 4.69) is 5.32 Å². The second-order valence-electron chi connectivity index (χ2n) is 3.67. The van der Waals surface area contributed by atoms with Crippen LogP contribution >= 0.6 is 23.5 Å². The Morgan fingerprint density at radius 3 is 2.16 bits per heavy atom. The van der Waals surface area contributed by atoms with E-state index in [1.807, 2.05) is 18.6 Å². The van der Waals surface area contributed by atoms with Crippen LogP contribution in [-0.2, 0) is 4.79 Å². The molecule has 0 aliphatic carbocycles. The van der Waals surface area contributed by atoms with Gasteiger partial charge in [-0.25, -0.2) is 0 Å². The van der Waals surface area contributed by atoms with Crippen molar-refractivity contribution in [3.63, 3.8) is 0 Å². The lowest BCUT2D eigenvalue weighted by molar-refractivity contribution is -0.115. The van der Waals surface area contributed by atoms with Crippen molar-refractivity contribution >= 4 is 35.2 Å². The van der Waals surface area contributed by atoms with Crippen molar-refractivity contribution in [3.8, 4) is 0 Å². The van der Waals surface area contributed by atoms with Gasteiger partial charge in [0, 0.05) is 12.0 Å². The van der Waals surface area contributed by atoms with Gasteiger partial charge in [-0.05, 0) is 24.6 Å². The molecule has 5 heteroatoms. The lowest BCUT2D eigenvalue weighted by Crippen LogP contribution is -2.28. The summed E-state index contributed by atoms with van der Waals surface area (Å²) < 4.78 is 0.830. The standard InChI is InChI=1S/C14H17NO2S2/c1-4-11(16)12(14(18-2)19-3)15-13(17)10-8-6-5-7-9-10/h5-9H,4H2,1-3H3,(H,15,17). The van der Waals surface area contributed by atoms with Crippen molar-refractivity contribution in [2.24, 2.45) is 0 Å². The topological polar surface area (TPSA) is 46.2 Å². The molecule has 0 atom stereocenters. The normalized spacial score (nSPS) is 9.84. The van der Waals surface area contributed by atoms with Crippen LogP contribution in [0, 0.1) is 0 Å². The maximum atomic E-state index is 12.1. The second-order valence-corrected chi connectivity index (χ2v) is 5.56. The van der Waals surface area contributed by atoms with E-state index in [0.717, 1.165) is 4.24 Å². The summed E-state index contributed by atoms with van der Waals surface area (Å²) in [5.74, 6) is -0.305. The highest BCUT2D eigenvalue weighted by molar-refractivity contribution is 8.21. The molecule has 1 amide bonds. The van der Waals surface area contributed by atoms with E-state index >= 15 is 0 Å². The number of nitrogens with one attached hydrogen (secondary N) is 1. The van der Waals surface area contributed by atoms with Crippen LogP contribution in [0.25, 0.3) is 0 Å². The Labute approximate surface area is 122 Å². The second kappa shape index (κ2) is 8.07. The molecule has 0 saturated heterocycles. The van der Waals surface area contributed by atoms with Gasteiger partial charge in [0.1, 0.15) is 5.70 Å². The van der Waals surface area contributed by atoms with Crippen molar-refractivity contribution in [2.45, 2.75) is 13.3 Å². The number of amides is 1. The molecule has 0 aliphatic heterocycles. The Morgan fingerprint density at radius 2 is 1.68 bits per heavy atom. The number of hydrogen-bond acceptors (Lipinski definition) is 4. The number of rotatable bonds is 6. The molecule has 0 aromatic heterocycles. The molecule has 0 bridgehead atoms. The maximum absolute atomic E-state index is 12.1. The fourth-order valence-corrected chi connectivity index (χ4v) is 2.88. The van der Waals surface area contributed by atoms with E-state index in [1.54, 1.807) is 31.2 Å². The number of Topliss-reactive ketones (excluding diaryl/α,β-unsaturated/α-hetero) is 1. The highest BCUT2D eigenvalue weighted by Crippen LogP contribution is 2.27. The summed E-state index contributed by atoms with van der Waals surface area (Å²) in [4.78, 5) is 24.0. The van der Waals surface area contributed by atoms with Crippen molar-refractivity contribution in [3.05, 3.63) is 45.8 Å². The van der Waals surface area contributed by atoms with Crippen molar-refractivity contribution < 1.29 is 9.59 Å². The molecule has 0 spiro atoms. The number of hydrogen-bond donors (Lipinski definition) is 1. The van der Waals surface area contributed by atoms with Gasteiger partial charge in [0.25, 0.3) is 5.91 Å². The first-order valence-corrected chi connectivity index (χ1v) is 8.30. The molecular weight excluding hydrogens is 278 g/mol. The minimum absolute atomic E-state index is 0.0528. The predicted octanol–water partition coefficient (Wildman–Crippen LogP) is 3.29. The maximum Gasteiger partial charge on any atom is 0.255 e. The molecule has 1 aromatic carbocycles. The average molecular weight is 295 g/mol. The molecule has 0 saturated carbocycles. The minimum Gasteiger partial charge on any atom is -0.318 e. The average Bonchev–Trinajstić information content (AvgIpc) is 2.47. The first kappa shape index (κ1) is 15.9. The Morgan fingerprint density at radius 1 is 1.11 bits per heavy atom. The fraction of sp³-hybridized carbons (Fsp3) is 0.286. The summed E-state index contributed by atoms with van der Waals surface area (Å²) in [6, 6.07) is 8.89. The van der Waals surface area contributed by atoms with E-state index in [1.165, 1.54) is 23.5 Å². The molecule has 1 aromatic rings. The molecule has 0 unspecified atom stereocenters. The third kappa shape index (κ3) is 4.44. The van der Waals surface area contributed by atoms with Crippen LogP contribution in [0.3, 0.4) is 0 Å². The van der Waals surface area contributed by atoms with E-state index < -0.39 is 0 Å². The summed E-state index contributed by atoms with van der Waals surface area (Å²) in [6.07, 6.45) is 4.15. The Balaban J connectivity index is 3.00. The van der Waals surface area contributed by atoms with Crippen molar-refractivity contribution in [1.29, 1.82) is 0 Å². The SMILES string of the molecule is CCC(=O)C(NC(=O)c1ccccc1)=C(SC)SC. The molecule has 1 N–H and O–H groups in total. The summed E-state index contributed by atoms with van der Waals surface area (Å²) in [7, 11) is 0. The lowest BCUT2D eigenvalue weighted by atomic mass is 10.2. The summed E-state index contributed by atoms with van der Waals surface area (Å²) >= 11 is 2.93. The highest BCUT2D eigenvalue weighted by Gasteiger charge is 2.17. The molecule has 3 nitrogen and oxygen atoms in total. The number of thioether (sulfide) groups is 2. The summed E-state index contributed by atoms with van der Waals surface area (Å²) in [5, 5.41) is 2.74. The van der Waals surface area contributed by atoms with E-state index in [9.17, 15) is 9.59 Å². The molecule has 102 valence electrons. The lowest BCUT2D eigenvalue weighted by Gasteiger charge is -2.12. The molecule has 0 aliphatic rings. The number of carbonyl (C=O) groups excluding carboxylic acids is 2. The smallest absolute Gasteiger partial charge is 0.255 e. The monoisotopic (exact) mass is 295 g/mol. The van der Waals surface area contributed by atoms with E-state index in [0.29, 0.717) is 17.7 Å². The van der Waals surface area contributed by atoms with Gasteiger partial charge in [-0.3, -0.25) is 9.59 Å². The third-order valence-electron chi connectivity index (χ3n) is 2.45. The van der Waals surface area contributed by atoms with Crippen LogP contribution in [0.2, 0.25) is 0 Å². The van der Waals surface area contributed by atoms with Gasteiger partial charge in [-0.1, -0.05) is 25.1 Å². The zero-order valence-electron chi connectivity index (χ0n) is 11.2. The van der Waals surface area contributed by atoms with Gasteiger partial charge >= 0.3 is 0 Å². The number of ketones is 1. The predicted molar refractivity (Wildman–Crippen MR) is 83.3 cm³/mol. The molecule has 0 heterocycles. The first-order valence-electron chi connectivity index (χ1n) is 5.85. The van der Waals surface area contributed by atoms with Crippen molar-refractivity contribution in [1.82, 2.24) is 5.32 Å². The van der Waals surface area contributed by atoms with Gasteiger partial charge in [0.2, 0.25) is 0 Å². The summed E-state index contributed by atoms with van der Waals surface area (Å²) in [5.41, 5.74) is 0.946. The van der Waals surface area contributed by atoms with Crippen LogP contribution < -0.4 is 5.32 Å². The Kier molecular flexibility index (Phi) is 6.73. The van der Waals surface area contributed by atoms with Gasteiger partial charge in [0.05, 0.1) is 4.24 Å². The van der Waals surface area contributed by atoms with Gasteiger partial charge in [-0.2, -0.15) is 0 Å². The van der Waals surface area contributed by atoms with Crippen LogP contribution in [0.5, 0.6) is 0 Å². The zero-order chi connectivity index (χ0) is 14.3. The number of carbonyl (C=O) groups is 2. The van der Waals surface area contributed by atoms with Crippen LogP contribution in [0.4, 0.5) is 0 Å². The molecular formula is C14H17NO2S2. The quantitative estimate of drug-likeness (QED) is 0.818. The van der Waals surface area contributed by atoms with E-state index in [4.69, 9.17) is 0 Å². The zero-order valence-corrected chi connectivity index (χ0v) is 12.9. The van der Waals surface area contributed by atoms with E-state index in [-0.39, 0.29) is 11.7 Å². The van der Waals surface area contributed by atoms with Crippen LogP contribution in [0.15, 0.2) is 40.3 Å². The van der Waals surface area contributed by atoms with Gasteiger partial charge < -0.3 is 5.32 Å². The van der Waals surface area contributed by atoms with Gasteiger partial charge in [-0.15, -0.1) is 23.5 Å². The number of benzene rings is 1. The minimum atomic E-state index is -0.252. The largest absolute Gasteiger partial charge is 0.318 e. The van der Waals surface area contributed by atoms with Crippen molar-refractivity contribution in [2.75, 3.05) is 12.5 Å².